The monoisotopic (exact) mass is 241 g/mol. The van der Waals surface area contributed by atoms with Crippen LogP contribution in [0.1, 0.15) is 15.9 Å². The Morgan fingerprint density at radius 3 is 2.50 bits per heavy atom. The van der Waals surface area contributed by atoms with Crippen LogP contribution in [0.5, 0.6) is 11.5 Å². The van der Waals surface area contributed by atoms with Crippen molar-refractivity contribution in [3.8, 4) is 17.6 Å². The molecule has 2 aromatic rings. The highest BCUT2D eigenvalue weighted by molar-refractivity contribution is 5.76. The number of hydrogen-bond acceptors (Lipinski definition) is 3. The van der Waals surface area contributed by atoms with Gasteiger partial charge in [-0.1, -0.05) is 0 Å². The number of nitriles is 1. The van der Waals surface area contributed by atoms with Gasteiger partial charge < -0.3 is 4.74 Å². The summed E-state index contributed by atoms with van der Waals surface area (Å²) < 4.78 is 18.2. The van der Waals surface area contributed by atoms with Crippen LogP contribution in [-0.4, -0.2) is 6.29 Å². The second kappa shape index (κ2) is 5.11. The van der Waals surface area contributed by atoms with E-state index in [-0.39, 0.29) is 11.4 Å². The van der Waals surface area contributed by atoms with Crippen LogP contribution in [-0.2, 0) is 0 Å². The Hall–Kier alpha value is -2.67. The summed E-state index contributed by atoms with van der Waals surface area (Å²) in [5, 5.41) is 8.95. The van der Waals surface area contributed by atoms with Gasteiger partial charge in [0.05, 0.1) is 5.56 Å². The summed E-state index contributed by atoms with van der Waals surface area (Å²) in [6, 6.07) is 11.9. The van der Waals surface area contributed by atoms with Gasteiger partial charge in [0.25, 0.3) is 0 Å². The molecule has 0 saturated carbocycles. The highest BCUT2D eigenvalue weighted by Crippen LogP contribution is 2.25. The molecule has 0 amide bonds. The maximum atomic E-state index is 12.7. The van der Waals surface area contributed by atoms with Gasteiger partial charge in [0.15, 0.2) is 0 Å². The van der Waals surface area contributed by atoms with Crippen LogP contribution in [0.25, 0.3) is 0 Å². The van der Waals surface area contributed by atoms with E-state index in [0.29, 0.717) is 23.3 Å². The minimum Gasteiger partial charge on any atom is -0.456 e. The molecule has 0 bridgehead atoms. The van der Waals surface area contributed by atoms with Crippen molar-refractivity contribution < 1.29 is 13.9 Å². The Morgan fingerprint density at radius 2 is 1.89 bits per heavy atom. The molecule has 2 aromatic carbocycles. The highest BCUT2D eigenvalue weighted by atomic mass is 19.1. The van der Waals surface area contributed by atoms with Crippen LogP contribution in [0, 0.1) is 17.1 Å². The summed E-state index contributed by atoms with van der Waals surface area (Å²) in [5.41, 5.74) is 0.655. The standard InChI is InChI=1S/C14H8FNO2/c15-12-2-4-13(5-3-12)18-14-6-1-10(9-17)7-11(14)8-16/h1-7,9H. The lowest BCUT2D eigenvalue weighted by molar-refractivity contribution is 0.112. The molecule has 0 unspecified atom stereocenters. The molecule has 0 aromatic heterocycles. The van der Waals surface area contributed by atoms with Gasteiger partial charge in [-0.15, -0.1) is 0 Å². The molecule has 3 nitrogen and oxygen atoms in total. The fourth-order valence-electron chi connectivity index (χ4n) is 1.43. The first-order chi connectivity index (χ1) is 8.72. The Labute approximate surface area is 103 Å². The SMILES string of the molecule is N#Cc1cc(C=O)ccc1Oc1ccc(F)cc1. The molecule has 0 aliphatic carbocycles. The van der Waals surface area contributed by atoms with Crippen molar-refractivity contribution in [2.45, 2.75) is 0 Å². The first-order valence-electron chi connectivity index (χ1n) is 5.15. The van der Waals surface area contributed by atoms with E-state index in [1.807, 2.05) is 6.07 Å². The van der Waals surface area contributed by atoms with Gasteiger partial charge in [0.2, 0.25) is 0 Å². The van der Waals surface area contributed by atoms with Gasteiger partial charge >= 0.3 is 0 Å². The van der Waals surface area contributed by atoms with Crippen LogP contribution >= 0.6 is 0 Å². The molecule has 0 aliphatic rings. The lowest BCUT2D eigenvalue weighted by Crippen LogP contribution is -1.90. The Kier molecular flexibility index (Phi) is 3.35. The molecule has 0 spiro atoms. The van der Waals surface area contributed by atoms with Crippen molar-refractivity contribution in [2.75, 3.05) is 0 Å². The van der Waals surface area contributed by atoms with Crippen molar-refractivity contribution >= 4 is 6.29 Å². The molecular formula is C14H8FNO2. The third kappa shape index (κ3) is 2.53. The summed E-state index contributed by atoms with van der Waals surface area (Å²) in [6.45, 7) is 0. The molecule has 88 valence electrons. The number of rotatable bonds is 3. The third-order valence-corrected chi connectivity index (χ3v) is 2.30. The van der Waals surface area contributed by atoms with Crippen molar-refractivity contribution in [3.63, 3.8) is 0 Å². The second-order valence-corrected chi connectivity index (χ2v) is 3.54. The largest absolute Gasteiger partial charge is 0.456 e. The molecule has 0 aliphatic heterocycles. The summed E-state index contributed by atoms with van der Waals surface area (Å²) >= 11 is 0. The minimum absolute atomic E-state index is 0.254. The molecule has 2 rings (SSSR count). The first-order valence-corrected chi connectivity index (χ1v) is 5.15. The number of carbonyl (C=O) groups excluding carboxylic acids is 1. The summed E-state index contributed by atoms with van der Waals surface area (Å²) in [7, 11) is 0. The Balaban J connectivity index is 2.31. The smallest absolute Gasteiger partial charge is 0.150 e. The Morgan fingerprint density at radius 1 is 1.17 bits per heavy atom. The average Bonchev–Trinajstić information content (AvgIpc) is 2.41. The Bertz CT molecular complexity index is 615. The van der Waals surface area contributed by atoms with Gasteiger partial charge in [-0.2, -0.15) is 5.26 Å². The maximum absolute atomic E-state index is 12.7. The summed E-state index contributed by atoms with van der Waals surface area (Å²) in [6.07, 6.45) is 0.655. The molecule has 0 heterocycles. The van der Waals surface area contributed by atoms with E-state index in [1.165, 1.54) is 36.4 Å². The normalized spacial score (nSPS) is 9.56. The molecular weight excluding hydrogens is 233 g/mol. The van der Waals surface area contributed by atoms with Crippen LogP contribution in [0.4, 0.5) is 4.39 Å². The first kappa shape index (κ1) is 11.8. The molecule has 0 N–H and O–H groups in total. The number of halogens is 1. The number of benzene rings is 2. The molecule has 0 atom stereocenters. The number of hydrogen-bond donors (Lipinski definition) is 0. The van der Waals surface area contributed by atoms with E-state index in [0.717, 1.165) is 0 Å². The van der Waals surface area contributed by atoms with Crippen molar-refractivity contribution in [2.24, 2.45) is 0 Å². The zero-order chi connectivity index (χ0) is 13.0. The maximum Gasteiger partial charge on any atom is 0.150 e. The summed E-state index contributed by atoms with van der Waals surface area (Å²) in [4.78, 5) is 10.6. The van der Waals surface area contributed by atoms with E-state index in [4.69, 9.17) is 10.00 Å². The molecule has 0 saturated heterocycles. The van der Waals surface area contributed by atoms with E-state index >= 15 is 0 Å². The number of nitrogens with zero attached hydrogens (tertiary/aromatic N) is 1. The molecule has 18 heavy (non-hydrogen) atoms. The van der Waals surface area contributed by atoms with E-state index < -0.39 is 0 Å². The van der Waals surface area contributed by atoms with Crippen LogP contribution in [0.2, 0.25) is 0 Å². The lowest BCUT2D eigenvalue weighted by atomic mass is 10.1. The van der Waals surface area contributed by atoms with Crippen molar-refractivity contribution in [1.82, 2.24) is 0 Å². The lowest BCUT2D eigenvalue weighted by Gasteiger charge is -2.07. The summed E-state index contributed by atoms with van der Waals surface area (Å²) in [5.74, 6) is 0.389. The van der Waals surface area contributed by atoms with Crippen LogP contribution in [0.3, 0.4) is 0 Å². The fourth-order valence-corrected chi connectivity index (χ4v) is 1.43. The zero-order valence-corrected chi connectivity index (χ0v) is 9.26. The van der Waals surface area contributed by atoms with Crippen molar-refractivity contribution in [1.29, 1.82) is 5.26 Å². The van der Waals surface area contributed by atoms with Gasteiger partial charge in [-0.3, -0.25) is 4.79 Å². The molecule has 4 heteroatoms. The predicted octanol–water partition coefficient (Wildman–Crippen LogP) is 3.30. The van der Waals surface area contributed by atoms with Gasteiger partial charge in [-0.05, 0) is 42.5 Å². The number of carbonyl (C=O) groups is 1. The predicted molar refractivity (Wildman–Crippen MR) is 63.0 cm³/mol. The van der Waals surface area contributed by atoms with Gasteiger partial charge in [0.1, 0.15) is 29.7 Å². The average molecular weight is 241 g/mol. The van der Waals surface area contributed by atoms with E-state index in [2.05, 4.69) is 0 Å². The van der Waals surface area contributed by atoms with E-state index in [1.54, 1.807) is 6.07 Å². The van der Waals surface area contributed by atoms with Crippen LogP contribution in [0.15, 0.2) is 42.5 Å². The van der Waals surface area contributed by atoms with Gasteiger partial charge in [0, 0.05) is 5.56 Å². The minimum atomic E-state index is -0.362. The highest BCUT2D eigenvalue weighted by Gasteiger charge is 2.06. The fraction of sp³-hybridized carbons (Fsp3) is 0. The number of ether oxygens (including phenoxy) is 1. The third-order valence-electron chi connectivity index (χ3n) is 2.30. The quantitative estimate of drug-likeness (QED) is 0.774. The van der Waals surface area contributed by atoms with E-state index in [9.17, 15) is 9.18 Å². The topological polar surface area (TPSA) is 50.1 Å². The zero-order valence-electron chi connectivity index (χ0n) is 9.26. The van der Waals surface area contributed by atoms with Crippen LogP contribution < -0.4 is 4.74 Å². The number of aldehydes is 1. The van der Waals surface area contributed by atoms with Crippen molar-refractivity contribution in [3.05, 3.63) is 59.4 Å². The molecule has 0 fully saturated rings. The van der Waals surface area contributed by atoms with Gasteiger partial charge in [-0.25, -0.2) is 4.39 Å². The second-order valence-electron chi connectivity index (χ2n) is 3.54. The molecule has 0 radical (unpaired) electrons.